The van der Waals surface area contributed by atoms with Crippen molar-refractivity contribution in [2.24, 2.45) is 0 Å². The van der Waals surface area contributed by atoms with E-state index in [1.165, 1.54) is 5.56 Å². The number of rotatable bonds is 7. The highest BCUT2D eigenvalue weighted by molar-refractivity contribution is 5.85. The van der Waals surface area contributed by atoms with Crippen molar-refractivity contribution in [3.05, 3.63) is 65.7 Å². The third kappa shape index (κ3) is 6.74. The summed E-state index contributed by atoms with van der Waals surface area (Å²) in [4.78, 5) is 14.0. The molecule has 0 radical (unpaired) electrons. The van der Waals surface area contributed by atoms with Crippen molar-refractivity contribution in [3.63, 3.8) is 0 Å². The zero-order chi connectivity index (χ0) is 15.8. The average Bonchev–Trinajstić information content (AvgIpc) is 2.54. The predicted octanol–water partition coefficient (Wildman–Crippen LogP) is 3.71. The zero-order valence-corrected chi connectivity index (χ0v) is 14.4. The van der Waals surface area contributed by atoms with E-state index < -0.39 is 0 Å². The molecule has 0 aromatic heterocycles. The number of nitrogen functional groups attached to an aromatic ring is 1. The van der Waals surface area contributed by atoms with Crippen LogP contribution in [0.25, 0.3) is 0 Å². The number of carbonyl (C=O) groups is 1. The quantitative estimate of drug-likeness (QED) is 0.620. The van der Waals surface area contributed by atoms with Gasteiger partial charge in [0.1, 0.15) is 0 Å². The van der Waals surface area contributed by atoms with E-state index in [1.54, 1.807) is 0 Å². The van der Waals surface area contributed by atoms with Gasteiger partial charge in [0.25, 0.3) is 0 Å². The van der Waals surface area contributed by atoms with E-state index in [4.69, 9.17) is 5.73 Å². The normalized spacial score (nSPS) is 9.96. The van der Waals surface area contributed by atoms with E-state index in [0.717, 1.165) is 37.1 Å². The molecule has 0 fully saturated rings. The average molecular weight is 333 g/mol. The van der Waals surface area contributed by atoms with Gasteiger partial charge < -0.3 is 10.6 Å². The molecule has 0 bridgehead atoms. The Morgan fingerprint density at radius 2 is 1.61 bits per heavy atom. The van der Waals surface area contributed by atoms with Crippen LogP contribution in [-0.2, 0) is 17.6 Å². The summed E-state index contributed by atoms with van der Waals surface area (Å²) < 4.78 is 0. The lowest BCUT2D eigenvalue weighted by Crippen LogP contribution is -2.29. The molecular weight excluding hydrogens is 308 g/mol. The van der Waals surface area contributed by atoms with Gasteiger partial charge in [-0.25, -0.2) is 0 Å². The summed E-state index contributed by atoms with van der Waals surface area (Å²) in [5.74, 6) is 0.157. The predicted molar refractivity (Wildman–Crippen MR) is 98.8 cm³/mol. The van der Waals surface area contributed by atoms with Crippen LogP contribution in [0.2, 0.25) is 0 Å². The van der Waals surface area contributed by atoms with Gasteiger partial charge in [0.05, 0.1) is 6.42 Å². The van der Waals surface area contributed by atoms with Crippen LogP contribution in [0.15, 0.2) is 54.6 Å². The lowest BCUT2D eigenvalue weighted by molar-refractivity contribution is -0.129. The van der Waals surface area contributed by atoms with E-state index in [-0.39, 0.29) is 18.3 Å². The van der Waals surface area contributed by atoms with Gasteiger partial charge in [-0.1, -0.05) is 42.5 Å². The Kier molecular flexibility index (Phi) is 8.20. The summed E-state index contributed by atoms with van der Waals surface area (Å²) in [6, 6.07) is 18.0. The Bertz CT molecular complexity index is 584. The number of nitrogens with zero attached hydrogens (tertiary/aromatic N) is 1. The third-order valence-corrected chi connectivity index (χ3v) is 3.81. The third-order valence-electron chi connectivity index (χ3n) is 3.81. The minimum Gasteiger partial charge on any atom is -0.399 e. The Hall–Kier alpha value is -2.00. The smallest absolute Gasteiger partial charge is 0.226 e. The molecule has 0 unspecified atom stereocenters. The second-order valence-electron chi connectivity index (χ2n) is 5.68. The molecule has 0 atom stereocenters. The molecule has 1 amide bonds. The van der Waals surface area contributed by atoms with Gasteiger partial charge in [0, 0.05) is 19.3 Å². The van der Waals surface area contributed by atoms with E-state index in [0.29, 0.717) is 6.42 Å². The van der Waals surface area contributed by atoms with Gasteiger partial charge in [-0.05, 0) is 42.5 Å². The summed E-state index contributed by atoms with van der Waals surface area (Å²) in [5.41, 5.74) is 8.75. The highest BCUT2D eigenvalue weighted by atomic mass is 35.5. The maximum atomic E-state index is 12.2. The molecular formula is C19H25ClN2O. The van der Waals surface area contributed by atoms with Crippen LogP contribution < -0.4 is 5.73 Å². The summed E-state index contributed by atoms with van der Waals surface area (Å²) in [5, 5.41) is 0. The highest BCUT2D eigenvalue weighted by Crippen LogP contribution is 2.08. The maximum absolute atomic E-state index is 12.2. The van der Waals surface area contributed by atoms with E-state index >= 15 is 0 Å². The first-order valence-electron chi connectivity index (χ1n) is 7.77. The van der Waals surface area contributed by atoms with Gasteiger partial charge in [0.15, 0.2) is 0 Å². The number of benzene rings is 2. The molecule has 0 aliphatic rings. The van der Waals surface area contributed by atoms with Crippen LogP contribution in [0.5, 0.6) is 0 Å². The molecule has 0 heterocycles. The molecule has 2 aromatic rings. The molecule has 2 N–H and O–H groups in total. The molecule has 0 saturated heterocycles. The number of hydrogen-bond donors (Lipinski definition) is 1. The van der Waals surface area contributed by atoms with Crippen molar-refractivity contribution < 1.29 is 4.79 Å². The number of halogens is 1. The van der Waals surface area contributed by atoms with Gasteiger partial charge in [0.2, 0.25) is 5.91 Å². The molecule has 3 nitrogen and oxygen atoms in total. The van der Waals surface area contributed by atoms with Crippen molar-refractivity contribution in [1.82, 2.24) is 4.90 Å². The Labute approximate surface area is 144 Å². The maximum Gasteiger partial charge on any atom is 0.226 e. The SMILES string of the molecule is CN(CCCCc1ccccc1)C(=O)Cc1ccc(N)cc1.Cl. The second kappa shape index (κ2) is 9.90. The number of unbranched alkanes of at least 4 members (excludes halogenated alkanes) is 1. The Balaban J connectivity index is 0.00000264. The number of amides is 1. The van der Waals surface area contributed by atoms with Crippen LogP contribution in [0.1, 0.15) is 24.0 Å². The van der Waals surface area contributed by atoms with Crippen molar-refractivity contribution in [1.29, 1.82) is 0 Å². The Morgan fingerprint density at radius 3 is 2.26 bits per heavy atom. The van der Waals surface area contributed by atoms with E-state index in [1.807, 2.05) is 42.3 Å². The first-order valence-corrected chi connectivity index (χ1v) is 7.77. The lowest BCUT2D eigenvalue weighted by atomic mass is 10.1. The van der Waals surface area contributed by atoms with E-state index in [2.05, 4.69) is 24.3 Å². The fourth-order valence-corrected chi connectivity index (χ4v) is 2.39. The zero-order valence-electron chi connectivity index (χ0n) is 13.6. The van der Waals surface area contributed by atoms with Gasteiger partial charge in [-0.3, -0.25) is 4.79 Å². The summed E-state index contributed by atoms with van der Waals surface area (Å²) in [6.45, 7) is 0.806. The van der Waals surface area contributed by atoms with Gasteiger partial charge in [-0.15, -0.1) is 12.4 Å². The molecule has 0 aliphatic carbocycles. The highest BCUT2D eigenvalue weighted by Gasteiger charge is 2.09. The number of carbonyl (C=O) groups excluding carboxylic acids is 1. The van der Waals surface area contributed by atoms with Crippen LogP contribution in [0.4, 0.5) is 5.69 Å². The lowest BCUT2D eigenvalue weighted by Gasteiger charge is -2.17. The fourth-order valence-electron chi connectivity index (χ4n) is 2.39. The van der Waals surface area contributed by atoms with Crippen molar-refractivity contribution in [3.8, 4) is 0 Å². The summed E-state index contributed by atoms with van der Waals surface area (Å²) in [7, 11) is 1.88. The van der Waals surface area contributed by atoms with Gasteiger partial charge in [-0.2, -0.15) is 0 Å². The summed E-state index contributed by atoms with van der Waals surface area (Å²) in [6.07, 6.45) is 3.64. The molecule has 0 aliphatic heterocycles. The first-order chi connectivity index (χ1) is 10.6. The Morgan fingerprint density at radius 1 is 0.957 bits per heavy atom. The number of nitrogens with two attached hydrogens (primary N) is 1. The van der Waals surface area contributed by atoms with Crippen LogP contribution >= 0.6 is 12.4 Å². The van der Waals surface area contributed by atoms with Crippen LogP contribution in [0, 0.1) is 0 Å². The van der Waals surface area contributed by atoms with Crippen LogP contribution in [0.3, 0.4) is 0 Å². The molecule has 2 rings (SSSR count). The molecule has 0 spiro atoms. The van der Waals surface area contributed by atoms with Gasteiger partial charge >= 0.3 is 0 Å². The fraction of sp³-hybridized carbons (Fsp3) is 0.316. The van der Waals surface area contributed by atoms with E-state index in [9.17, 15) is 4.79 Å². The minimum atomic E-state index is 0. The minimum absolute atomic E-state index is 0. The largest absolute Gasteiger partial charge is 0.399 e. The number of hydrogen-bond acceptors (Lipinski definition) is 2. The summed E-state index contributed by atoms with van der Waals surface area (Å²) >= 11 is 0. The topological polar surface area (TPSA) is 46.3 Å². The second-order valence-corrected chi connectivity index (χ2v) is 5.68. The van der Waals surface area contributed by atoms with Crippen molar-refractivity contribution in [2.45, 2.75) is 25.7 Å². The number of likely N-dealkylation sites (N-methyl/N-ethyl adjacent to an activating group) is 1. The molecule has 124 valence electrons. The monoisotopic (exact) mass is 332 g/mol. The molecule has 4 heteroatoms. The standard InChI is InChI=1S/C19H24N2O.ClH/c1-21(14-6-5-9-16-7-3-2-4-8-16)19(22)15-17-10-12-18(20)13-11-17;/h2-4,7-8,10-13H,5-6,9,14-15,20H2,1H3;1H. The van der Waals surface area contributed by atoms with Crippen molar-refractivity contribution in [2.75, 3.05) is 19.3 Å². The number of aryl methyl sites for hydroxylation is 1. The van der Waals surface area contributed by atoms with Crippen molar-refractivity contribution >= 4 is 24.0 Å². The number of anilines is 1. The first kappa shape index (κ1) is 19.0. The van der Waals surface area contributed by atoms with Crippen LogP contribution in [-0.4, -0.2) is 24.4 Å². The molecule has 0 saturated carbocycles. The molecule has 23 heavy (non-hydrogen) atoms. The molecule has 2 aromatic carbocycles.